The van der Waals surface area contributed by atoms with Crippen molar-refractivity contribution in [2.45, 2.75) is 0 Å². The second-order valence-electron chi connectivity index (χ2n) is 4.00. The molecule has 0 spiro atoms. The van der Waals surface area contributed by atoms with Crippen molar-refractivity contribution in [3.05, 3.63) is 36.7 Å². The van der Waals surface area contributed by atoms with Crippen molar-refractivity contribution in [1.82, 2.24) is 30.4 Å². The topological polar surface area (TPSA) is 129 Å². The molecular formula is C12H10N8. The van der Waals surface area contributed by atoms with Crippen LogP contribution in [-0.4, -0.2) is 30.4 Å². The number of hydrogen-bond donors (Lipinski definition) is 2. The molecule has 0 bridgehead atoms. The average Bonchev–Trinajstić information content (AvgIpc) is 2.49. The van der Waals surface area contributed by atoms with Gasteiger partial charge in [-0.1, -0.05) is 0 Å². The Hall–Kier alpha value is -3.16. The Balaban J connectivity index is 1.91. The van der Waals surface area contributed by atoms with E-state index in [2.05, 4.69) is 30.4 Å². The molecule has 0 saturated carbocycles. The molecule has 3 aromatic rings. The minimum atomic E-state index is 0.331. The summed E-state index contributed by atoms with van der Waals surface area (Å²) in [7, 11) is 0. The van der Waals surface area contributed by atoms with Crippen LogP contribution in [0.5, 0.6) is 0 Å². The lowest BCUT2D eigenvalue weighted by atomic mass is 10.3. The molecule has 0 fully saturated rings. The fraction of sp³-hybridized carbons (Fsp3) is 0. The lowest BCUT2D eigenvalue weighted by molar-refractivity contribution is 0.870. The molecule has 98 valence electrons. The fourth-order valence-electron chi connectivity index (χ4n) is 1.52. The Bertz CT molecular complexity index is 641. The second-order valence-corrected chi connectivity index (χ2v) is 4.00. The van der Waals surface area contributed by atoms with Crippen molar-refractivity contribution in [2.24, 2.45) is 0 Å². The van der Waals surface area contributed by atoms with Gasteiger partial charge in [0.15, 0.2) is 0 Å². The number of nitrogen functional groups attached to an aromatic ring is 2. The number of nitrogens with two attached hydrogens (primary N) is 2. The molecule has 4 N–H and O–H groups in total. The molecule has 8 nitrogen and oxygen atoms in total. The van der Waals surface area contributed by atoms with Gasteiger partial charge in [-0.2, -0.15) is 0 Å². The van der Waals surface area contributed by atoms with Gasteiger partial charge >= 0.3 is 0 Å². The van der Waals surface area contributed by atoms with Crippen LogP contribution in [0.15, 0.2) is 36.7 Å². The van der Waals surface area contributed by atoms with E-state index in [9.17, 15) is 0 Å². The van der Waals surface area contributed by atoms with E-state index in [1.165, 1.54) is 6.20 Å². The highest BCUT2D eigenvalue weighted by atomic mass is 15.3. The number of anilines is 2. The Morgan fingerprint density at radius 3 is 2.05 bits per heavy atom. The van der Waals surface area contributed by atoms with Crippen LogP contribution in [0.2, 0.25) is 0 Å². The third kappa shape index (κ3) is 2.34. The summed E-state index contributed by atoms with van der Waals surface area (Å²) in [6, 6.07) is 6.83. The highest BCUT2D eigenvalue weighted by Gasteiger charge is 2.07. The van der Waals surface area contributed by atoms with Gasteiger partial charge in [0.1, 0.15) is 11.5 Å². The van der Waals surface area contributed by atoms with E-state index in [4.69, 9.17) is 11.5 Å². The van der Waals surface area contributed by atoms with E-state index >= 15 is 0 Å². The molecule has 3 aromatic heterocycles. The van der Waals surface area contributed by atoms with Crippen LogP contribution < -0.4 is 11.5 Å². The third-order valence-electron chi connectivity index (χ3n) is 2.54. The molecule has 0 aliphatic rings. The summed E-state index contributed by atoms with van der Waals surface area (Å²) in [5.74, 6) is 1.13. The van der Waals surface area contributed by atoms with Crippen molar-refractivity contribution < 1.29 is 0 Å². The SMILES string of the molecule is Nc1ccc(-c2nnc(-c3ccc(N)nc3)nn2)nc1. The lowest BCUT2D eigenvalue weighted by Crippen LogP contribution is -2.01. The summed E-state index contributed by atoms with van der Waals surface area (Å²) in [4.78, 5) is 8.07. The Labute approximate surface area is 113 Å². The zero-order valence-corrected chi connectivity index (χ0v) is 10.3. The van der Waals surface area contributed by atoms with Crippen molar-refractivity contribution in [3.63, 3.8) is 0 Å². The Morgan fingerprint density at radius 2 is 1.45 bits per heavy atom. The van der Waals surface area contributed by atoms with E-state index in [1.54, 1.807) is 30.5 Å². The summed E-state index contributed by atoms with van der Waals surface area (Å²) >= 11 is 0. The number of nitrogens with zero attached hydrogens (tertiary/aromatic N) is 6. The zero-order chi connectivity index (χ0) is 13.9. The number of pyridine rings is 2. The van der Waals surface area contributed by atoms with Crippen LogP contribution in [0, 0.1) is 0 Å². The summed E-state index contributed by atoms with van der Waals surface area (Å²) in [6.45, 7) is 0. The molecule has 3 rings (SSSR count). The van der Waals surface area contributed by atoms with Crippen molar-refractivity contribution in [1.29, 1.82) is 0 Å². The summed E-state index contributed by atoms with van der Waals surface area (Å²) < 4.78 is 0. The first kappa shape index (κ1) is 11.9. The van der Waals surface area contributed by atoms with Gasteiger partial charge < -0.3 is 11.5 Å². The molecular weight excluding hydrogens is 256 g/mol. The molecule has 0 aliphatic heterocycles. The average molecular weight is 266 g/mol. The number of aromatic nitrogens is 6. The predicted octanol–water partition coefficient (Wildman–Crippen LogP) is 0.555. The van der Waals surface area contributed by atoms with E-state index in [1.807, 2.05) is 0 Å². The van der Waals surface area contributed by atoms with Gasteiger partial charge in [-0.3, -0.25) is 4.98 Å². The number of rotatable bonds is 2. The highest BCUT2D eigenvalue weighted by Crippen LogP contribution is 2.15. The van der Waals surface area contributed by atoms with Crippen LogP contribution in [0.1, 0.15) is 0 Å². The molecule has 0 unspecified atom stereocenters. The molecule has 3 heterocycles. The molecule has 20 heavy (non-hydrogen) atoms. The van der Waals surface area contributed by atoms with Gasteiger partial charge in [0.2, 0.25) is 11.6 Å². The summed E-state index contributed by atoms with van der Waals surface area (Å²) in [5, 5.41) is 16.0. The van der Waals surface area contributed by atoms with Gasteiger partial charge in [0.05, 0.1) is 11.9 Å². The van der Waals surface area contributed by atoms with Crippen LogP contribution in [-0.2, 0) is 0 Å². The largest absolute Gasteiger partial charge is 0.397 e. The van der Waals surface area contributed by atoms with Crippen LogP contribution in [0.3, 0.4) is 0 Å². The molecule has 0 atom stereocenters. The summed E-state index contributed by atoms with van der Waals surface area (Å²) in [6.07, 6.45) is 3.09. The molecule has 0 radical (unpaired) electrons. The number of hydrogen-bond acceptors (Lipinski definition) is 8. The van der Waals surface area contributed by atoms with Crippen molar-refractivity contribution in [2.75, 3.05) is 11.5 Å². The monoisotopic (exact) mass is 266 g/mol. The van der Waals surface area contributed by atoms with Crippen LogP contribution in [0.25, 0.3) is 22.9 Å². The maximum atomic E-state index is 5.57. The maximum Gasteiger partial charge on any atom is 0.221 e. The fourth-order valence-corrected chi connectivity index (χ4v) is 1.52. The molecule has 8 heteroatoms. The normalized spacial score (nSPS) is 10.4. The third-order valence-corrected chi connectivity index (χ3v) is 2.54. The van der Waals surface area contributed by atoms with E-state index in [-0.39, 0.29) is 0 Å². The molecule has 0 saturated heterocycles. The van der Waals surface area contributed by atoms with Crippen LogP contribution in [0.4, 0.5) is 11.5 Å². The Morgan fingerprint density at radius 1 is 0.700 bits per heavy atom. The van der Waals surface area contributed by atoms with E-state index in [0.717, 1.165) is 0 Å². The standard InChI is InChI=1S/C12H10N8/c13-8-2-3-9(15-6-8)12-19-17-11(18-20-12)7-1-4-10(14)16-5-7/h1-6H,13H2,(H2,14,16). The lowest BCUT2D eigenvalue weighted by Gasteiger charge is -2.00. The van der Waals surface area contributed by atoms with E-state index < -0.39 is 0 Å². The van der Waals surface area contributed by atoms with Gasteiger partial charge in [-0.15, -0.1) is 20.4 Å². The minimum Gasteiger partial charge on any atom is -0.397 e. The first-order chi connectivity index (χ1) is 9.72. The molecule has 0 aromatic carbocycles. The van der Waals surface area contributed by atoms with Gasteiger partial charge in [-0.05, 0) is 24.3 Å². The maximum absolute atomic E-state index is 5.57. The first-order valence-electron chi connectivity index (χ1n) is 5.73. The zero-order valence-electron chi connectivity index (χ0n) is 10.3. The second kappa shape index (κ2) is 4.84. The predicted molar refractivity (Wildman–Crippen MR) is 72.9 cm³/mol. The van der Waals surface area contributed by atoms with Crippen molar-refractivity contribution in [3.8, 4) is 22.9 Å². The quantitative estimate of drug-likeness (QED) is 0.688. The van der Waals surface area contributed by atoms with Crippen molar-refractivity contribution >= 4 is 11.5 Å². The highest BCUT2D eigenvalue weighted by molar-refractivity contribution is 5.55. The van der Waals surface area contributed by atoms with Gasteiger partial charge in [0, 0.05) is 11.8 Å². The van der Waals surface area contributed by atoms with Crippen LogP contribution >= 0.6 is 0 Å². The smallest absolute Gasteiger partial charge is 0.221 e. The summed E-state index contributed by atoms with van der Waals surface area (Å²) in [5.41, 5.74) is 12.9. The molecule has 0 aliphatic carbocycles. The minimum absolute atomic E-state index is 0.331. The van der Waals surface area contributed by atoms with Gasteiger partial charge in [-0.25, -0.2) is 4.98 Å². The van der Waals surface area contributed by atoms with E-state index in [0.29, 0.717) is 34.4 Å². The van der Waals surface area contributed by atoms with Gasteiger partial charge in [0.25, 0.3) is 0 Å². The first-order valence-corrected chi connectivity index (χ1v) is 5.73. The Kier molecular flexibility index (Phi) is 2.88. The molecule has 0 amide bonds.